The van der Waals surface area contributed by atoms with Crippen molar-refractivity contribution in [3.63, 3.8) is 0 Å². The summed E-state index contributed by atoms with van der Waals surface area (Å²) in [5.74, 6) is 1.96. The molecule has 1 saturated heterocycles. The van der Waals surface area contributed by atoms with E-state index in [-0.39, 0.29) is 11.8 Å². The molecular weight excluding hydrogens is 318 g/mol. The van der Waals surface area contributed by atoms with E-state index in [2.05, 4.69) is 10.1 Å². The normalized spacial score (nSPS) is 15.6. The van der Waals surface area contributed by atoms with Gasteiger partial charge in [0.25, 0.3) is 5.91 Å². The van der Waals surface area contributed by atoms with Gasteiger partial charge in [-0.05, 0) is 31.7 Å². The average molecular weight is 343 g/mol. The first kappa shape index (κ1) is 17.5. The van der Waals surface area contributed by atoms with Crippen LogP contribution in [0.5, 0.6) is 5.88 Å². The smallest absolute Gasteiger partial charge is 0.259 e. The second-order valence-corrected chi connectivity index (χ2v) is 6.88. The van der Waals surface area contributed by atoms with Crippen LogP contribution in [0.15, 0.2) is 28.9 Å². The molecule has 0 bridgehead atoms. The number of amides is 1. The largest absolute Gasteiger partial charge is 0.477 e. The Morgan fingerprint density at radius 2 is 2.12 bits per heavy atom. The number of rotatable bonds is 5. The van der Waals surface area contributed by atoms with Gasteiger partial charge in [-0.25, -0.2) is 4.98 Å². The Balaban J connectivity index is 1.55. The molecule has 0 spiro atoms. The van der Waals surface area contributed by atoms with Crippen molar-refractivity contribution in [2.24, 2.45) is 5.92 Å². The molecule has 0 unspecified atom stereocenters. The molecule has 6 heteroatoms. The lowest BCUT2D eigenvalue weighted by Gasteiger charge is -2.32. The van der Waals surface area contributed by atoms with E-state index in [1.54, 1.807) is 6.20 Å². The second kappa shape index (κ2) is 7.68. The van der Waals surface area contributed by atoms with Gasteiger partial charge in [-0.2, -0.15) is 0 Å². The molecular formula is C19H25N3O3. The summed E-state index contributed by atoms with van der Waals surface area (Å²) < 4.78 is 11.1. The number of nitrogens with zero attached hydrogens (tertiary/aromatic N) is 3. The fraction of sp³-hybridized carbons (Fsp3) is 0.526. The van der Waals surface area contributed by atoms with E-state index in [0.717, 1.165) is 25.9 Å². The van der Waals surface area contributed by atoms with Gasteiger partial charge in [-0.3, -0.25) is 4.79 Å². The molecule has 1 aliphatic rings. The quantitative estimate of drug-likeness (QED) is 0.832. The van der Waals surface area contributed by atoms with Crippen LogP contribution in [0.4, 0.5) is 0 Å². The van der Waals surface area contributed by atoms with Crippen molar-refractivity contribution in [1.82, 2.24) is 15.0 Å². The molecule has 0 N–H and O–H groups in total. The first-order chi connectivity index (χ1) is 12.1. The van der Waals surface area contributed by atoms with Gasteiger partial charge < -0.3 is 14.2 Å². The Bertz CT molecular complexity index is 704. The van der Waals surface area contributed by atoms with E-state index in [4.69, 9.17) is 9.26 Å². The van der Waals surface area contributed by atoms with Crippen molar-refractivity contribution in [3.8, 4) is 5.88 Å². The third kappa shape index (κ3) is 4.00. The number of carbonyl (C=O) groups is 1. The number of piperidine rings is 1. The predicted molar refractivity (Wildman–Crippen MR) is 93.7 cm³/mol. The zero-order valence-electron chi connectivity index (χ0n) is 15.1. The predicted octanol–water partition coefficient (Wildman–Crippen LogP) is 3.43. The number of aryl methyl sites for hydroxylation is 1. The standard InChI is InChI=1S/C19H25N3O3/c1-13(2)18-17(14(3)21-25-18)19(23)22-10-7-15(8-11-22)12-24-16-6-4-5-9-20-16/h4-6,9,13,15H,7-8,10-12H2,1-3H3. The minimum absolute atomic E-state index is 0.0338. The van der Waals surface area contributed by atoms with Crippen molar-refractivity contribution in [3.05, 3.63) is 41.4 Å². The van der Waals surface area contributed by atoms with Gasteiger partial charge in [-0.1, -0.05) is 25.1 Å². The van der Waals surface area contributed by atoms with Gasteiger partial charge in [0.2, 0.25) is 5.88 Å². The molecule has 134 valence electrons. The summed E-state index contributed by atoms with van der Waals surface area (Å²) in [6, 6.07) is 5.65. The van der Waals surface area contributed by atoms with Gasteiger partial charge in [0.1, 0.15) is 5.56 Å². The van der Waals surface area contributed by atoms with Crippen LogP contribution in [-0.2, 0) is 0 Å². The lowest BCUT2D eigenvalue weighted by atomic mass is 9.96. The summed E-state index contributed by atoms with van der Waals surface area (Å²) in [5.41, 5.74) is 1.31. The maximum absolute atomic E-state index is 12.9. The summed E-state index contributed by atoms with van der Waals surface area (Å²) in [7, 11) is 0. The van der Waals surface area contributed by atoms with Gasteiger partial charge in [0, 0.05) is 31.3 Å². The SMILES string of the molecule is Cc1noc(C(C)C)c1C(=O)N1CCC(COc2ccccn2)CC1. The zero-order valence-corrected chi connectivity index (χ0v) is 15.1. The zero-order chi connectivity index (χ0) is 17.8. The third-order valence-corrected chi connectivity index (χ3v) is 4.63. The minimum atomic E-state index is 0.0338. The van der Waals surface area contributed by atoms with E-state index >= 15 is 0 Å². The molecule has 1 aliphatic heterocycles. The molecule has 1 fully saturated rings. The Hall–Kier alpha value is -2.37. The maximum atomic E-state index is 12.9. The first-order valence-electron chi connectivity index (χ1n) is 8.85. The summed E-state index contributed by atoms with van der Waals surface area (Å²) >= 11 is 0. The monoisotopic (exact) mass is 343 g/mol. The molecule has 3 heterocycles. The minimum Gasteiger partial charge on any atom is -0.477 e. The highest BCUT2D eigenvalue weighted by atomic mass is 16.5. The fourth-order valence-corrected chi connectivity index (χ4v) is 3.14. The molecule has 0 radical (unpaired) electrons. The average Bonchev–Trinajstić information content (AvgIpc) is 3.02. The third-order valence-electron chi connectivity index (χ3n) is 4.63. The molecule has 0 saturated carbocycles. The fourth-order valence-electron chi connectivity index (χ4n) is 3.14. The second-order valence-electron chi connectivity index (χ2n) is 6.88. The van der Waals surface area contributed by atoms with Gasteiger partial charge in [-0.15, -0.1) is 0 Å². The molecule has 1 amide bonds. The van der Waals surface area contributed by atoms with Gasteiger partial charge in [0.15, 0.2) is 5.76 Å². The van der Waals surface area contributed by atoms with E-state index in [0.29, 0.717) is 35.4 Å². The van der Waals surface area contributed by atoms with Crippen LogP contribution >= 0.6 is 0 Å². The Kier molecular flexibility index (Phi) is 5.36. The number of likely N-dealkylation sites (tertiary alicyclic amines) is 1. The van der Waals surface area contributed by atoms with E-state index in [1.165, 1.54) is 0 Å². The van der Waals surface area contributed by atoms with E-state index < -0.39 is 0 Å². The van der Waals surface area contributed by atoms with Crippen LogP contribution in [0.1, 0.15) is 54.4 Å². The van der Waals surface area contributed by atoms with Crippen LogP contribution in [0.25, 0.3) is 0 Å². The number of ether oxygens (including phenoxy) is 1. The molecule has 6 nitrogen and oxygen atoms in total. The van der Waals surface area contributed by atoms with Crippen molar-refractivity contribution in [2.75, 3.05) is 19.7 Å². The van der Waals surface area contributed by atoms with Crippen molar-refractivity contribution in [2.45, 2.75) is 39.5 Å². The maximum Gasteiger partial charge on any atom is 0.259 e. The van der Waals surface area contributed by atoms with E-state index in [1.807, 2.05) is 43.9 Å². The first-order valence-corrected chi connectivity index (χ1v) is 8.85. The molecule has 25 heavy (non-hydrogen) atoms. The van der Waals surface area contributed by atoms with Gasteiger partial charge in [0.05, 0.1) is 12.3 Å². The Labute approximate surface area is 148 Å². The molecule has 3 rings (SSSR count). The highest BCUT2D eigenvalue weighted by Crippen LogP contribution is 2.26. The van der Waals surface area contributed by atoms with Crippen LogP contribution < -0.4 is 4.74 Å². The number of carbonyl (C=O) groups excluding carboxylic acids is 1. The van der Waals surface area contributed by atoms with Crippen LogP contribution in [0.3, 0.4) is 0 Å². The molecule has 2 aromatic heterocycles. The lowest BCUT2D eigenvalue weighted by Crippen LogP contribution is -2.40. The van der Waals surface area contributed by atoms with Crippen molar-refractivity contribution in [1.29, 1.82) is 0 Å². The van der Waals surface area contributed by atoms with Crippen molar-refractivity contribution < 1.29 is 14.1 Å². The summed E-state index contributed by atoms with van der Waals surface area (Å²) in [6.45, 7) is 7.96. The summed E-state index contributed by atoms with van der Waals surface area (Å²) in [6.07, 6.45) is 3.59. The lowest BCUT2D eigenvalue weighted by molar-refractivity contribution is 0.0656. The highest BCUT2D eigenvalue weighted by molar-refractivity contribution is 5.96. The molecule has 0 aromatic carbocycles. The molecule has 0 aliphatic carbocycles. The topological polar surface area (TPSA) is 68.5 Å². The summed E-state index contributed by atoms with van der Waals surface area (Å²) in [4.78, 5) is 19.0. The van der Waals surface area contributed by atoms with Crippen LogP contribution in [0, 0.1) is 12.8 Å². The van der Waals surface area contributed by atoms with E-state index in [9.17, 15) is 4.79 Å². The molecule has 2 aromatic rings. The Morgan fingerprint density at radius 1 is 1.36 bits per heavy atom. The number of pyridine rings is 1. The number of aromatic nitrogens is 2. The van der Waals surface area contributed by atoms with Crippen LogP contribution in [-0.4, -0.2) is 40.6 Å². The Morgan fingerprint density at radius 3 is 2.76 bits per heavy atom. The number of hydrogen-bond donors (Lipinski definition) is 0. The highest BCUT2D eigenvalue weighted by Gasteiger charge is 2.29. The van der Waals surface area contributed by atoms with Crippen LogP contribution in [0.2, 0.25) is 0 Å². The molecule has 0 atom stereocenters. The summed E-state index contributed by atoms with van der Waals surface area (Å²) in [5, 5.41) is 3.98. The van der Waals surface area contributed by atoms with Gasteiger partial charge >= 0.3 is 0 Å². The number of hydrogen-bond acceptors (Lipinski definition) is 5. The van der Waals surface area contributed by atoms with Crippen molar-refractivity contribution >= 4 is 5.91 Å².